The molecule has 4 heterocycles. The minimum Gasteiger partial charge on any atom is -0.368 e. The third kappa shape index (κ3) is 4.12. The SMILES string of the molecule is Nc1nc(Sc2cccs2)cc(N2CCN(Cc3ncc[nH]3)CC2)n1. The summed E-state index contributed by atoms with van der Waals surface area (Å²) in [5.41, 5.74) is 5.93. The molecule has 3 N–H and O–H groups in total. The van der Waals surface area contributed by atoms with Gasteiger partial charge in [0.2, 0.25) is 5.95 Å². The van der Waals surface area contributed by atoms with Crippen LogP contribution in [0.5, 0.6) is 0 Å². The van der Waals surface area contributed by atoms with E-state index in [0.717, 1.165) is 49.4 Å². The quantitative estimate of drug-likeness (QED) is 0.664. The van der Waals surface area contributed by atoms with Crippen molar-refractivity contribution in [2.45, 2.75) is 15.8 Å². The fraction of sp³-hybridized carbons (Fsp3) is 0.312. The highest BCUT2D eigenvalue weighted by atomic mass is 32.2. The summed E-state index contributed by atoms with van der Waals surface area (Å²) in [6.07, 6.45) is 3.66. The molecule has 0 radical (unpaired) electrons. The van der Waals surface area contributed by atoms with Crippen LogP contribution in [-0.4, -0.2) is 51.0 Å². The van der Waals surface area contributed by atoms with Crippen molar-refractivity contribution < 1.29 is 0 Å². The van der Waals surface area contributed by atoms with Crippen molar-refractivity contribution in [2.24, 2.45) is 0 Å². The topological polar surface area (TPSA) is 87.0 Å². The van der Waals surface area contributed by atoms with Crippen molar-refractivity contribution in [2.75, 3.05) is 36.8 Å². The van der Waals surface area contributed by atoms with Crippen molar-refractivity contribution in [3.63, 3.8) is 0 Å². The van der Waals surface area contributed by atoms with Crippen LogP contribution in [0.2, 0.25) is 0 Å². The largest absolute Gasteiger partial charge is 0.368 e. The molecule has 7 nitrogen and oxygen atoms in total. The van der Waals surface area contributed by atoms with Crippen LogP contribution in [0, 0.1) is 0 Å². The number of H-pyrrole nitrogens is 1. The molecule has 1 aliphatic rings. The van der Waals surface area contributed by atoms with Crippen LogP contribution < -0.4 is 10.6 Å². The molecule has 130 valence electrons. The number of nitrogens with zero attached hydrogens (tertiary/aromatic N) is 5. The maximum absolute atomic E-state index is 5.93. The first-order chi connectivity index (χ1) is 12.3. The first-order valence-electron chi connectivity index (χ1n) is 8.08. The van der Waals surface area contributed by atoms with Crippen LogP contribution in [0.1, 0.15) is 5.82 Å². The minimum absolute atomic E-state index is 0.328. The molecule has 0 bridgehead atoms. The number of hydrogen-bond donors (Lipinski definition) is 2. The van der Waals surface area contributed by atoms with E-state index in [1.54, 1.807) is 29.3 Å². The number of aromatic amines is 1. The van der Waals surface area contributed by atoms with E-state index in [1.807, 2.05) is 18.3 Å². The lowest BCUT2D eigenvalue weighted by atomic mass is 10.3. The van der Waals surface area contributed by atoms with Crippen molar-refractivity contribution >= 4 is 34.9 Å². The molecule has 4 rings (SSSR count). The monoisotopic (exact) mass is 373 g/mol. The Hall–Kier alpha value is -2.10. The number of nitrogen functional groups attached to an aromatic ring is 1. The highest BCUT2D eigenvalue weighted by molar-refractivity contribution is 8.01. The van der Waals surface area contributed by atoms with Gasteiger partial charge in [-0.3, -0.25) is 4.90 Å². The second-order valence-corrected chi connectivity index (χ2v) is 8.02. The van der Waals surface area contributed by atoms with Crippen LogP contribution in [-0.2, 0) is 6.54 Å². The Morgan fingerprint density at radius 1 is 1.24 bits per heavy atom. The Kier molecular flexibility index (Phi) is 4.86. The second-order valence-electron chi connectivity index (χ2n) is 5.76. The molecule has 1 fully saturated rings. The number of nitrogens with two attached hydrogens (primary N) is 1. The van der Waals surface area contributed by atoms with E-state index >= 15 is 0 Å². The van der Waals surface area contributed by atoms with Crippen molar-refractivity contribution in [1.29, 1.82) is 0 Å². The molecule has 0 amide bonds. The summed E-state index contributed by atoms with van der Waals surface area (Å²) in [7, 11) is 0. The van der Waals surface area contributed by atoms with E-state index in [1.165, 1.54) is 4.21 Å². The lowest BCUT2D eigenvalue weighted by Gasteiger charge is -2.35. The molecule has 0 spiro atoms. The van der Waals surface area contributed by atoms with Gasteiger partial charge in [-0.25, -0.2) is 9.97 Å². The molecule has 9 heteroatoms. The van der Waals surface area contributed by atoms with E-state index in [4.69, 9.17) is 5.73 Å². The predicted molar refractivity (Wildman–Crippen MR) is 101 cm³/mol. The number of hydrogen-bond acceptors (Lipinski definition) is 8. The van der Waals surface area contributed by atoms with Gasteiger partial charge in [-0.05, 0) is 11.4 Å². The normalized spacial score (nSPS) is 15.6. The molecule has 25 heavy (non-hydrogen) atoms. The summed E-state index contributed by atoms with van der Waals surface area (Å²) in [6, 6.07) is 6.15. The van der Waals surface area contributed by atoms with Gasteiger partial charge >= 0.3 is 0 Å². The molecule has 3 aromatic heterocycles. The maximum Gasteiger partial charge on any atom is 0.223 e. The molecule has 0 aliphatic carbocycles. The maximum atomic E-state index is 5.93. The Morgan fingerprint density at radius 3 is 2.84 bits per heavy atom. The van der Waals surface area contributed by atoms with Gasteiger partial charge in [0.1, 0.15) is 16.7 Å². The third-order valence-corrected chi connectivity index (χ3v) is 5.99. The molecule has 1 saturated heterocycles. The van der Waals surface area contributed by atoms with Gasteiger partial charge in [0.05, 0.1) is 10.8 Å². The van der Waals surface area contributed by atoms with Crippen LogP contribution in [0.15, 0.2) is 45.2 Å². The average Bonchev–Trinajstić information content (AvgIpc) is 3.29. The number of thiophene rings is 1. The van der Waals surface area contributed by atoms with Crippen LogP contribution in [0.25, 0.3) is 0 Å². The molecule has 0 atom stereocenters. The van der Waals surface area contributed by atoms with E-state index < -0.39 is 0 Å². The van der Waals surface area contributed by atoms with Crippen molar-refractivity contribution in [1.82, 2.24) is 24.8 Å². The predicted octanol–water partition coefficient (Wildman–Crippen LogP) is 2.32. The van der Waals surface area contributed by atoms with Gasteiger partial charge < -0.3 is 15.6 Å². The molecule has 3 aromatic rings. The second kappa shape index (κ2) is 7.42. The van der Waals surface area contributed by atoms with Crippen LogP contribution >= 0.6 is 23.1 Å². The van der Waals surface area contributed by atoms with Crippen LogP contribution in [0.3, 0.4) is 0 Å². The smallest absolute Gasteiger partial charge is 0.223 e. The zero-order chi connectivity index (χ0) is 17.1. The molecular formula is C16H19N7S2. The summed E-state index contributed by atoms with van der Waals surface area (Å²) < 4.78 is 1.20. The first kappa shape index (κ1) is 16.4. The third-order valence-electron chi connectivity index (χ3n) is 4.03. The Morgan fingerprint density at radius 2 is 2.12 bits per heavy atom. The van der Waals surface area contributed by atoms with Gasteiger partial charge in [-0.1, -0.05) is 17.8 Å². The summed E-state index contributed by atoms with van der Waals surface area (Å²) in [6.45, 7) is 4.63. The zero-order valence-electron chi connectivity index (χ0n) is 13.6. The summed E-state index contributed by atoms with van der Waals surface area (Å²) >= 11 is 3.33. The lowest BCUT2D eigenvalue weighted by Crippen LogP contribution is -2.46. The average molecular weight is 374 g/mol. The first-order valence-corrected chi connectivity index (χ1v) is 9.77. The highest BCUT2D eigenvalue weighted by Crippen LogP contribution is 2.32. The van der Waals surface area contributed by atoms with Gasteiger partial charge in [0.25, 0.3) is 0 Å². The fourth-order valence-corrected chi connectivity index (χ4v) is 4.52. The fourth-order valence-electron chi connectivity index (χ4n) is 2.80. The Bertz CT molecular complexity index is 796. The van der Waals surface area contributed by atoms with E-state index in [9.17, 15) is 0 Å². The van der Waals surface area contributed by atoms with E-state index in [0.29, 0.717) is 5.95 Å². The number of imidazole rings is 1. The summed E-state index contributed by atoms with van der Waals surface area (Å²) in [4.78, 5) is 20.9. The standard InChI is InChI=1S/C16H19N7S2/c17-16-20-13(10-14(21-16)25-15-2-1-9-24-15)23-7-5-22(6-8-23)11-12-18-3-4-19-12/h1-4,9-10H,5-8,11H2,(H,18,19)(H2,17,20,21). The highest BCUT2D eigenvalue weighted by Gasteiger charge is 2.20. The molecule has 0 saturated carbocycles. The molecule has 0 unspecified atom stereocenters. The number of nitrogens with one attached hydrogen (secondary N) is 1. The van der Waals surface area contributed by atoms with Gasteiger partial charge in [-0.2, -0.15) is 4.98 Å². The van der Waals surface area contributed by atoms with Gasteiger partial charge in [0, 0.05) is 44.6 Å². The zero-order valence-corrected chi connectivity index (χ0v) is 15.3. The van der Waals surface area contributed by atoms with Gasteiger partial charge in [-0.15, -0.1) is 11.3 Å². The van der Waals surface area contributed by atoms with E-state index in [2.05, 4.69) is 41.2 Å². The lowest BCUT2D eigenvalue weighted by molar-refractivity contribution is 0.244. The van der Waals surface area contributed by atoms with Crippen LogP contribution in [0.4, 0.5) is 11.8 Å². The Labute approximate surface area is 154 Å². The summed E-state index contributed by atoms with van der Waals surface area (Å²) in [5.74, 6) is 2.24. The minimum atomic E-state index is 0.328. The van der Waals surface area contributed by atoms with Gasteiger partial charge in [0.15, 0.2) is 0 Å². The van der Waals surface area contributed by atoms with E-state index in [-0.39, 0.29) is 0 Å². The Balaban J connectivity index is 1.41. The summed E-state index contributed by atoms with van der Waals surface area (Å²) in [5, 5.41) is 2.95. The molecule has 0 aromatic carbocycles. The number of anilines is 2. The number of piperazine rings is 1. The number of rotatable bonds is 5. The number of aromatic nitrogens is 4. The molecular weight excluding hydrogens is 354 g/mol. The van der Waals surface area contributed by atoms with Crippen molar-refractivity contribution in [3.05, 3.63) is 41.8 Å². The van der Waals surface area contributed by atoms with Crippen molar-refractivity contribution in [3.8, 4) is 0 Å². The molecule has 1 aliphatic heterocycles.